The van der Waals surface area contributed by atoms with Gasteiger partial charge in [0, 0.05) is 39.4 Å². The predicted octanol–water partition coefficient (Wildman–Crippen LogP) is -0.0657. The first-order valence-electron chi connectivity index (χ1n) is 8.29. The molecule has 134 valence electrons. The lowest BCUT2D eigenvalue weighted by Crippen LogP contribution is -2.46. The number of carbonyl (C=O) groups excluding carboxylic acids is 1. The predicted molar refractivity (Wildman–Crippen MR) is 88.0 cm³/mol. The molecule has 2 fully saturated rings. The number of aromatic nitrogens is 2. The van der Waals surface area contributed by atoms with E-state index in [1.54, 1.807) is 29.0 Å². The molecule has 3 heterocycles. The molecule has 1 aromatic heterocycles. The van der Waals surface area contributed by atoms with Gasteiger partial charge < -0.3 is 9.64 Å². The van der Waals surface area contributed by atoms with Gasteiger partial charge in [0.05, 0.1) is 30.7 Å². The highest BCUT2D eigenvalue weighted by atomic mass is 32.2. The molecule has 0 bridgehead atoms. The molecule has 9 heteroatoms. The van der Waals surface area contributed by atoms with Gasteiger partial charge in [-0.15, -0.1) is 0 Å². The molecule has 1 aromatic rings. The number of hydrogen-bond acceptors (Lipinski definition) is 5. The summed E-state index contributed by atoms with van der Waals surface area (Å²) in [6.45, 7) is 2.91. The van der Waals surface area contributed by atoms with Crippen LogP contribution in [0.1, 0.15) is 23.2 Å². The minimum atomic E-state index is -3.29. The summed E-state index contributed by atoms with van der Waals surface area (Å²) >= 11 is 0. The second kappa shape index (κ2) is 7.20. The quantitative estimate of drug-likeness (QED) is 0.754. The minimum Gasteiger partial charge on any atom is -0.379 e. The number of piperidine rings is 1. The third-order valence-corrected chi connectivity index (χ3v) is 6.61. The Bertz CT molecular complexity index is 681. The van der Waals surface area contributed by atoms with Gasteiger partial charge in [-0.05, 0) is 18.8 Å². The Kier molecular flexibility index (Phi) is 5.21. The summed E-state index contributed by atoms with van der Waals surface area (Å²) < 4.78 is 33.4. The highest BCUT2D eigenvalue weighted by Crippen LogP contribution is 2.21. The number of ether oxygens (including phenoxy) is 1. The van der Waals surface area contributed by atoms with Crippen molar-refractivity contribution in [3.05, 3.63) is 18.0 Å². The summed E-state index contributed by atoms with van der Waals surface area (Å²) in [5, 5.41) is 4.03. The molecule has 1 atom stereocenters. The molecular weight excluding hydrogens is 332 g/mol. The Morgan fingerprint density at radius 2 is 2.08 bits per heavy atom. The molecule has 1 unspecified atom stereocenters. The number of aryl methyl sites for hydroxylation is 1. The van der Waals surface area contributed by atoms with Crippen molar-refractivity contribution >= 4 is 15.9 Å². The van der Waals surface area contributed by atoms with Gasteiger partial charge in [-0.2, -0.15) is 9.40 Å². The fourth-order valence-corrected chi connectivity index (χ4v) is 5.11. The summed E-state index contributed by atoms with van der Waals surface area (Å²) in [4.78, 5) is 14.3. The Labute approximate surface area is 142 Å². The van der Waals surface area contributed by atoms with Crippen molar-refractivity contribution in [3.63, 3.8) is 0 Å². The number of amides is 1. The third kappa shape index (κ3) is 3.96. The lowest BCUT2D eigenvalue weighted by atomic mass is 9.99. The SMILES string of the molecule is Cn1cc(C(=O)N2CCCC(CS(=O)(=O)N3CCOCC3)C2)cn1. The first kappa shape index (κ1) is 17.4. The molecule has 0 aliphatic carbocycles. The van der Waals surface area contributed by atoms with Gasteiger partial charge >= 0.3 is 0 Å². The molecule has 8 nitrogen and oxygen atoms in total. The monoisotopic (exact) mass is 356 g/mol. The van der Waals surface area contributed by atoms with E-state index in [2.05, 4.69) is 5.10 Å². The maximum Gasteiger partial charge on any atom is 0.257 e. The highest BCUT2D eigenvalue weighted by Gasteiger charge is 2.32. The lowest BCUT2D eigenvalue weighted by Gasteiger charge is -2.34. The number of sulfonamides is 1. The van der Waals surface area contributed by atoms with E-state index >= 15 is 0 Å². The molecule has 0 saturated carbocycles. The maximum absolute atomic E-state index is 12.6. The van der Waals surface area contributed by atoms with Gasteiger partial charge in [-0.1, -0.05) is 0 Å². The molecule has 0 radical (unpaired) electrons. The van der Waals surface area contributed by atoms with Crippen LogP contribution in [-0.2, 0) is 21.8 Å². The van der Waals surface area contributed by atoms with Gasteiger partial charge in [0.15, 0.2) is 0 Å². The molecule has 0 spiro atoms. The van der Waals surface area contributed by atoms with E-state index in [1.807, 2.05) is 0 Å². The molecule has 2 aliphatic heterocycles. The van der Waals surface area contributed by atoms with Crippen LogP contribution in [0.3, 0.4) is 0 Å². The van der Waals surface area contributed by atoms with Crippen molar-refractivity contribution in [2.24, 2.45) is 13.0 Å². The summed E-state index contributed by atoms with van der Waals surface area (Å²) in [5.74, 6) is 0.00730. The Balaban J connectivity index is 1.62. The Morgan fingerprint density at radius 1 is 1.33 bits per heavy atom. The minimum absolute atomic E-state index is 0.0211. The summed E-state index contributed by atoms with van der Waals surface area (Å²) in [6.07, 6.45) is 4.91. The highest BCUT2D eigenvalue weighted by molar-refractivity contribution is 7.89. The fourth-order valence-electron chi connectivity index (χ4n) is 3.33. The van der Waals surface area contributed by atoms with E-state index in [-0.39, 0.29) is 17.6 Å². The fraction of sp³-hybridized carbons (Fsp3) is 0.733. The van der Waals surface area contributed by atoms with E-state index in [1.165, 1.54) is 4.31 Å². The van der Waals surface area contributed by atoms with E-state index < -0.39 is 10.0 Å². The zero-order valence-electron chi connectivity index (χ0n) is 13.9. The van der Waals surface area contributed by atoms with Crippen molar-refractivity contribution in [3.8, 4) is 0 Å². The van der Waals surface area contributed by atoms with Crippen LogP contribution < -0.4 is 0 Å². The normalized spacial score (nSPS) is 23.4. The topological polar surface area (TPSA) is 84.7 Å². The smallest absolute Gasteiger partial charge is 0.257 e. The van der Waals surface area contributed by atoms with Crippen molar-refractivity contribution in [1.82, 2.24) is 19.0 Å². The van der Waals surface area contributed by atoms with Crippen LogP contribution in [0.5, 0.6) is 0 Å². The molecule has 24 heavy (non-hydrogen) atoms. The third-order valence-electron chi connectivity index (χ3n) is 4.57. The zero-order valence-corrected chi connectivity index (χ0v) is 14.7. The van der Waals surface area contributed by atoms with E-state index in [0.29, 0.717) is 45.0 Å². The summed E-state index contributed by atoms with van der Waals surface area (Å²) in [5.41, 5.74) is 0.550. The molecule has 2 aliphatic rings. The lowest BCUT2D eigenvalue weighted by molar-refractivity contribution is 0.0673. The van der Waals surface area contributed by atoms with Gasteiger partial charge in [-0.3, -0.25) is 9.48 Å². The first-order valence-corrected chi connectivity index (χ1v) is 9.90. The van der Waals surface area contributed by atoms with Crippen LogP contribution in [0.15, 0.2) is 12.4 Å². The number of nitrogens with zero attached hydrogens (tertiary/aromatic N) is 4. The average Bonchev–Trinajstić information content (AvgIpc) is 3.01. The van der Waals surface area contributed by atoms with E-state index in [0.717, 1.165) is 12.8 Å². The number of rotatable bonds is 4. The van der Waals surface area contributed by atoms with E-state index in [4.69, 9.17) is 4.74 Å². The molecule has 3 rings (SSSR count). The van der Waals surface area contributed by atoms with Crippen LogP contribution >= 0.6 is 0 Å². The number of carbonyl (C=O) groups is 1. The average molecular weight is 356 g/mol. The van der Waals surface area contributed by atoms with Gasteiger partial charge in [0.1, 0.15) is 0 Å². The van der Waals surface area contributed by atoms with Gasteiger partial charge in [0.2, 0.25) is 10.0 Å². The van der Waals surface area contributed by atoms with Gasteiger partial charge in [-0.25, -0.2) is 8.42 Å². The van der Waals surface area contributed by atoms with Crippen molar-refractivity contribution in [1.29, 1.82) is 0 Å². The summed E-state index contributed by atoms with van der Waals surface area (Å²) in [6, 6.07) is 0. The molecule has 0 aromatic carbocycles. The Morgan fingerprint density at radius 3 is 2.75 bits per heavy atom. The number of hydrogen-bond donors (Lipinski definition) is 0. The Hall–Kier alpha value is -1.45. The standard InChI is InChI=1S/C15H24N4O4S/c1-17-11-14(9-16-17)15(20)18-4-2-3-13(10-18)12-24(21,22)19-5-7-23-8-6-19/h9,11,13H,2-8,10,12H2,1H3. The molecule has 0 N–H and O–H groups in total. The maximum atomic E-state index is 12.6. The van der Waals surface area contributed by atoms with Crippen molar-refractivity contribution in [2.75, 3.05) is 45.1 Å². The number of likely N-dealkylation sites (tertiary alicyclic amines) is 1. The van der Waals surface area contributed by atoms with Crippen molar-refractivity contribution in [2.45, 2.75) is 12.8 Å². The van der Waals surface area contributed by atoms with Crippen LogP contribution in [-0.4, -0.2) is 78.5 Å². The summed E-state index contributed by atoms with van der Waals surface area (Å²) in [7, 11) is -1.53. The van der Waals surface area contributed by atoms with Crippen molar-refractivity contribution < 1.29 is 17.9 Å². The van der Waals surface area contributed by atoms with Gasteiger partial charge in [0.25, 0.3) is 5.91 Å². The van der Waals surface area contributed by atoms with Crippen LogP contribution in [0, 0.1) is 5.92 Å². The second-order valence-electron chi connectivity index (χ2n) is 6.45. The largest absolute Gasteiger partial charge is 0.379 e. The molecule has 1 amide bonds. The zero-order chi connectivity index (χ0) is 17.2. The molecule has 2 saturated heterocycles. The molecular formula is C15H24N4O4S. The number of morpholine rings is 1. The van der Waals surface area contributed by atoms with E-state index in [9.17, 15) is 13.2 Å². The first-order chi connectivity index (χ1) is 11.5. The van der Waals surface area contributed by atoms with Crippen LogP contribution in [0.4, 0.5) is 0 Å². The van der Waals surface area contributed by atoms with Crippen LogP contribution in [0.2, 0.25) is 0 Å². The second-order valence-corrected chi connectivity index (χ2v) is 8.47. The van der Waals surface area contributed by atoms with Crippen LogP contribution in [0.25, 0.3) is 0 Å².